The number of nitrogens with one attached hydrogen (secondary N) is 1. The predicted molar refractivity (Wildman–Crippen MR) is 58.3 cm³/mol. The molecule has 0 spiro atoms. The lowest BCUT2D eigenvalue weighted by molar-refractivity contribution is 0.577. The zero-order valence-corrected chi connectivity index (χ0v) is 8.09. The van der Waals surface area contributed by atoms with Gasteiger partial charge in [-0.3, -0.25) is 0 Å². The van der Waals surface area contributed by atoms with Crippen LogP contribution in [-0.4, -0.2) is 11.0 Å². The summed E-state index contributed by atoms with van der Waals surface area (Å²) in [7, 11) is 0. The highest BCUT2D eigenvalue weighted by atomic mass is 14.7. The summed E-state index contributed by atoms with van der Waals surface area (Å²) < 4.78 is 0. The molecule has 0 saturated heterocycles. The largest absolute Gasteiger partial charge is 0.361 e. The molecule has 14 heavy (non-hydrogen) atoms. The zero-order valence-electron chi connectivity index (χ0n) is 8.09. The highest BCUT2D eigenvalue weighted by molar-refractivity contribution is 5.81. The van der Waals surface area contributed by atoms with E-state index in [1.54, 1.807) is 0 Å². The Morgan fingerprint density at radius 2 is 2.21 bits per heavy atom. The molecule has 1 aliphatic rings. The molecule has 1 aromatic carbocycles. The molecule has 1 heterocycles. The van der Waals surface area contributed by atoms with Crippen molar-refractivity contribution in [1.82, 2.24) is 4.98 Å². The van der Waals surface area contributed by atoms with Crippen LogP contribution in [0, 0.1) is 0 Å². The van der Waals surface area contributed by atoms with Crippen LogP contribution in [0.15, 0.2) is 24.4 Å². The summed E-state index contributed by atoms with van der Waals surface area (Å²) in [5.74, 6) is 0. The first-order chi connectivity index (χ1) is 6.83. The standard InChI is InChI=1S/C12H14N2/c13-11-2-1-8-5-9-3-4-14-12(9)7-10(8)6-11/h3-5,7,11,14H,1-2,6,13H2. The number of aromatic amines is 1. The van der Waals surface area contributed by atoms with Gasteiger partial charge in [-0.1, -0.05) is 0 Å². The van der Waals surface area contributed by atoms with Gasteiger partial charge in [-0.2, -0.15) is 0 Å². The van der Waals surface area contributed by atoms with Crippen LogP contribution < -0.4 is 5.73 Å². The van der Waals surface area contributed by atoms with Gasteiger partial charge in [0.15, 0.2) is 0 Å². The van der Waals surface area contributed by atoms with Crippen molar-refractivity contribution in [2.45, 2.75) is 25.3 Å². The van der Waals surface area contributed by atoms with Crippen LogP contribution in [0.2, 0.25) is 0 Å². The third kappa shape index (κ3) is 1.15. The number of hydrogen-bond acceptors (Lipinski definition) is 1. The lowest BCUT2D eigenvalue weighted by atomic mass is 9.88. The fourth-order valence-electron chi connectivity index (χ4n) is 2.34. The van der Waals surface area contributed by atoms with Crippen molar-refractivity contribution in [3.63, 3.8) is 0 Å². The molecule has 1 atom stereocenters. The summed E-state index contributed by atoms with van der Waals surface area (Å²) in [6.07, 6.45) is 5.29. The van der Waals surface area contributed by atoms with Gasteiger partial charge >= 0.3 is 0 Å². The van der Waals surface area contributed by atoms with Crippen LogP contribution in [0.1, 0.15) is 17.5 Å². The average Bonchev–Trinajstić information content (AvgIpc) is 2.61. The Labute approximate surface area is 83.1 Å². The summed E-state index contributed by atoms with van der Waals surface area (Å²) in [6.45, 7) is 0. The van der Waals surface area contributed by atoms with Gasteiger partial charge in [0.05, 0.1) is 0 Å². The molecule has 3 rings (SSSR count). The Bertz CT molecular complexity index is 470. The smallest absolute Gasteiger partial charge is 0.0456 e. The highest BCUT2D eigenvalue weighted by Gasteiger charge is 2.15. The van der Waals surface area contributed by atoms with Gasteiger partial charge in [0, 0.05) is 17.8 Å². The van der Waals surface area contributed by atoms with Gasteiger partial charge in [0.2, 0.25) is 0 Å². The Morgan fingerprint density at radius 3 is 3.14 bits per heavy atom. The minimum absolute atomic E-state index is 0.356. The molecule has 2 aromatic rings. The molecule has 0 fully saturated rings. The van der Waals surface area contributed by atoms with Crippen LogP contribution in [0.3, 0.4) is 0 Å². The molecule has 0 bridgehead atoms. The molecule has 2 heteroatoms. The van der Waals surface area contributed by atoms with Crippen molar-refractivity contribution < 1.29 is 0 Å². The third-order valence-electron chi connectivity index (χ3n) is 3.14. The SMILES string of the molecule is NC1CCc2cc3cc[nH]c3cc2C1. The molecule has 0 aliphatic heterocycles. The normalized spacial score (nSPS) is 21.1. The van der Waals surface area contributed by atoms with E-state index in [0.717, 1.165) is 19.3 Å². The van der Waals surface area contributed by atoms with Gasteiger partial charge < -0.3 is 10.7 Å². The van der Waals surface area contributed by atoms with E-state index in [2.05, 4.69) is 23.2 Å². The van der Waals surface area contributed by atoms with E-state index in [-0.39, 0.29) is 0 Å². The molecule has 0 amide bonds. The Kier molecular flexibility index (Phi) is 1.64. The van der Waals surface area contributed by atoms with Crippen LogP contribution in [-0.2, 0) is 12.8 Å². The first kappa shape index (κ1) is 8.06. The zero-order chi connectivity index (χ0) is 9.54. The van der Waals surface area contributed by atoms with Gasteiger partial charge in [-0.05, 0) is 54.0 Å². The van der Waals surface area contributed by atoms with Crippen LogP contribution in [0.25, 0.3) is 10.9 Å². The summed E-state index contributed by atoms with van der Waals surface area (Å²) >= 11 is 0. The number of aryl methyl sites for hydroxylation is 1. The summed E-state index contributed by atoms with van der Waals surface area (Å²) in [6, 6.07) is 7.04. The number of rotatable bonds is 0. The molecule has 0 radical (unpaired) electrons. The summed E-state index contributed by atoms with van der Waals surface area (Å²) in [5.41, 5.74) is 10.1. The molecular weight excluding hydrogens is 172 g/mol. The van der Waals surface area contributed by atoms with E-state index >= 15 is 0 Å². The number of hydrogen-bond donors (Lipinski definition) is 2. The van der Waals surface area contributed by atoms with Crippen molar-refractivity contribution in [3.05, 3.63) is 35.5 Å². The van der Waals surface area contributed by atoms with Crippen molar-refractivity contribution in [3.8, 4) is 0 Å². The number of nitrogens with two attached hydrogens (primary N) is 1. The van der Waals surface area contributed by atoms with Crippen molar-refractivity contribution >= 4 is 10.9 Å². The highest BCUT2D eigenvalue weighted by Crippen LogP contribution is 2.25. The predicted octanol–water partition coefficient (Wildman–Crippen LogP) is 1.98. The fraction of sp³-hybridized carbons (Fsp3) is 0.333. The maximum atomic E-state index is 5.96. The van der Waals surface area contributed by atoms with E-state index in [1.807, 2.05) is 6.20 Å². The molecule has 1 aliphatic carbocycles. The second-order valence-electron chi connectivity index (χ2n) is 4.19. The van der Waals surface area contributed by atoms with E-state index in [4.69, 9.17) is 5.73 Å². The number of H-pyrrole nitrogens is 1. The number of aromatic nitrogens is 1. The molecule has 72 valence electrons. The molecule has 0 saturated carbocycles. The second kappa shape index (κ2) is 2.85. The first-order valence-electron chi connectivity index (χ1n) is 5.17. The first-order valence-corrected chi connectivity index (χ1v) is 5.17. The summed E-state index contributed by atoms with van der Waals surface area (Å²) in [4.78, 5) is 3.24. The third-order valence-corrected chi connectivity index (χ3v) is 3.14. The van der Waals surface area contributed by atoms with E-state index in [0.29, 0.717) is 6.04 Å². The second-order valence-corrected chi connectivity index (χ2v) is 4.19. The lowest BCUT2D eigenvalue weighted by Crippen LogP contribution is -2.27. The maximum absolute atomic E-state index is 5.96. The minimum Gasteiger partial charge on any atom is -0.361 e. The van der Waals surface area contributed by atoms with Crippen molar-refractivity contribution in [1.29, 1.82) is 0 Å². The van der Waals surface area contributed by atoms with Crippen LogP contribution >= 0.6 is 0 Å². The quantitative estimate of drug-likeness (QED) is 0.649. The molecule has 2 nitrogen and oxygen atoms in total. The average molecular weight is 186 g/mol. The van der Waals surface area contributed by atoms with E-state index < -0.39 is 0 Å². The van der Waals surface area contributed by atoms with Gasteiger partial charge in [-0.15, -0.1) is 0 Å². The monoisotopic (exact) mass is 186 g/mol. The Balaban J connectivity index is 2.19. The molecule has 1 unspecified atom stereocenters. The topological polar surface area (TPSA) is 41.8 Å². The molecule has 1 aromatic heterocycles. The number of fused-ring (bicyclic) bond motifs is 2. The van der Waals surface area contributed by atoms with Crippen molar-refractivity contribution in [2.75, 3.05) is 0 Å². The van der Waals surface area contributed by atoms with Gasteiger partial charge in [0.1, 0.15) is 0 Å². The van der Waals surface area contributed by atoms with Crippen LogP contribution in [0.4, 0.5) is 0 Å². The Morgan fingerprint density at radius 1 is 1.29 bits per heavy atom. The van der Waals surface area contributed by atoms with Gasteiger partial charge in [0.25, 0.3) is 0 Å². The molecule has 3 N–H and O–H groups in total. The minimum atomic E-state index is 0.356. The fourth-order valence-corrected chi connectivity index (χ4v) is 2.34. The maximum Gasteiger partial charge on any atom is 0.0456 e. The van der Waals surface area contributed by atoms with E-state index in [1.165, 1.54) is 22.0 Å². The molecular formula is C12H14N2. The lowest BCUT2D eigenvalue weighted by Gasteiger charge is -2.21. The summed E-state index contributed by atoms with van der Waals surface area (Å²) in [5, 5.41) is 1.32. The van der Waals surface area contributed by atoms with E-state index in [9.17, 15) is 0 Å². The van der Waals surface area contributed by atoms with Crippen LogP contribution in [0.5, 0.6) is 0 Å². The van der Waals surface area contributed by atoms with Crippen molar-refractivity contribution in [2.24, 2.45) is 5.73 Å². The Hall–Kier alpha value is -1.28. The number of benzene rings is 1. The van der Waals surface area contributed by atoms with Gasteiger partial charge in [-0.25, -0.2) is 0 Å².